The molecule has 90 valence electrons. The second-order valence-electron chi connectivity index (χ2n) is 5.14. The maximum Gasteiger partial charge on any atom is 0.0994 e. The summed E-state index contributed by atoms with van der Waals surface area (Å²) in [6.07, 6.45) is 0. The van der Waals surface area contributed by atoms with Crippen molar-refractivity contribution in [1.82, 2.24) is 0 Å². The number of hydrogen-bond acceptors (Lipinski definition) is 3. The van der Waals surface area contributed by atoms with Crippen LogP contribution in [0.1, 0.15) is 25.0 Å². The quantitative estimate of drug-likeness (QED) is 0.761. The van der Waals surface area contributed by atoms with Crippen LogP contribution in [0, 0.1) is 18.3 Å². The third kappa shape index (κ3) is 2.76. The Hall–Kier alpha value is -1.14. The molecule has 0 N–H and O–H groups in total. The van der Waals surface area contributed by atoms with E-state index in [9.17, 15) is 0 Å². The molecule has 0 aliphatic carbocycles. The first-order chi connectivity index (χ1) is 8.02. The summed E-state index contributed by atoms with van der Waals surface area (Å²) in [6.45, 7) is 8.76. The van der Waals surface area contributed by atoms with Crippen molar-refractivity contribution >= 4 is 17.4 Å². The van der Waals surface area contributed by atoms with E-state index in [-0.39, 0.29) is 0 Å². The van der Waals surface area contributed by atoms with Crippen LogP contribution in [0.4, 0.5) is 5.69 Å². The molecule has 1 aliphatic rings. The average molecular weight is 246 g/mol. The Bertz CT molecular complexity index is 460. The lowest BCUT2D eigenvalue weighted by molar-refractivity contribution is 0.647. The summed E-state index contributed by atoms with van der Waals surface area (Å²) in [4.78, 5) is 2.42. The van der Waals surface area contributed by atoms with Gasteiger partial charge in [0.15, 0.2) is 0 Å². The molecule has 0 amide bonds. The van der Waals surface area contributed by atoms with E-state index in [2.05, 4.69) is 36.9 Å². The average Bonchev–Trinajstić information content (AvgIpc) is 2.27. The molecule has 3 heteroatoms. The number of aryl methyl sites for hydroxylation is 1. The third-order valence-electron chi connectivity index (χ3n) is 3.12. The highest BCUT2D eigenvalue weighted by atomic mass is 32.2. The van der Waals surface area contributed by atoms with Gasteiger partial charge in [-0.1, -0.05) is 0 Å². The molecule has 0 aromatic heterocycles. The molecule has 1 fully saturated rings. The summed E-state index contributed by atoms with van der Waals surface area (Å²) in [6, 6.07) is 8.35. The Morgan fingerprint density at radius 3 is 2.76 bits per heavy atom. The summed E-state index contributed by atoms with van der Waals surface area (Å²) >= 11 is 2.04. The molecule has 17 heavy (non-hydrogen) atoms. The zero-order valence-corrected chi connectivity index (χ0v) is 11.5. The molecular weight excluding hydrogens is 228 g/mol. The molecule has 0 spiro atoms. The fourth-order valence-corrected chi connectivity index (χ4v) is 3.32. The molecule has 2 nitrogen and oxygen atoms in total. The van der Waals surface area contributed by atoms with Crippen LogP contribution in [0.3, 0.4) is 0 Å². The van der Waals surface area contributed by atoms with Crippen molar-refractivity contribution in [3.05, 3.63) is 29.3 Å². The van der Waals surface area contributed by atoms with Crippen LogP contribution in [0.25, 0.3) is 0 Å². The van der Waals surface area contributed by atoms with Crippen molar-refractivity contribution in [3.63, 3.8) is 0 Å². The van der Waals surface area contributed by atoms with E-state index < -0.39 is 0 Å². The largest absolute Gasteiger partial charge is 0.369 e. The van der Waals surface area contributed by atoms with Crippen LogP contribution in [0.2, 0.25) is 0 Å². The first-order valence-electron chi connectivity index (χ1n) is 5.91. The number of nitriles is 1. The zero-order valence-electron chi connectivity index (χ0n) is 10.7. The minimum Gasteiger partial charge on any atom is -0.369 e. The van der Waals surface area contributed by atoms with Crippen LogP contribution in [-0.4, -0.2) is 23.6 Å². The predicted molar refractivity (Wildman–Crippen MR) is 74.6 cm³/mol. The van der Waals surface area contributed by atoms with Gasteiger partial charge >= 0.3 is 0 Å². The zero-order chi connectivity index (χ0) is 12.5. The van der Waals surface area contributed by atoms with Crippen LogP contribution >= 0.6 is 11.8 Å². The molecule has 1 heterocycles. The molecule has 2 rings (SSSR count). The van der Waals surface area contributed by atoms with Crippen LogP contribution < -0.4 is 4.90 Å². The molecule has 1 aliphatic heterocycles. The van der Waals surface area contributed by atoms with Crippen molar-refractivity contribution in [2.45, 2.75) is 25.5 Å². The molecule has 0 saturated carbocycles. The summed E-state index contributed by atoms with van der Waals surface area (Å²) in [5, 5.41) is 8.94. The smallest absolute Gasteiger partial charge is 0.0994 e. The summed E-state index contributed by atoms with van der Waals surface area (Å²) in [7, 11) is 0. The van der Waals surface area contributed by atoms with Crippen LogP contribution in [-0.2, 0) is 0 Å². The van der Waals surface area contributed by atoms with Gasteiger partial charge in [-0.15, -0.1) is 0 Å². The molecular formula is C14H18N2S. The maximum absolute atomic E-state index is 8.94. The van der Waals surface area contributed by atoms with Gasteiger partial charge in [-0.3, -0.25) is 0 Å². The lowest BCUT2D eigenvalue weighted by Crippen LogP contribution is -2.43. The molecule has 0 atom stereocenters. The number of thioether (sulfide) groups is 1. The number of hydrogen-bond donors (Lipinski definition) is 0. The number of rotatable bonds is 1. The summed E-state index contributed by atoms with van der Waals surface area (Å²) in [5.74, 6) is 1.17. The first kappa shape index (κ1) is 12.3. The predicted octanol–water partition coefficient (Wildman–Crippen LogP) is 3.20. The Morgan fingerprint density at radius 1 is 1.41 bits per heavy atom. The summed E-state index contributed by atoms with van der Waals surface area (Å²) < 4.78 is 0.319. The Labute approximate surface area is 108 Å². The number of nitrogens with zero attached hydrogens (tertiary/aromatic N) is 2. The van der Waals surface area contributed by atoms with E-state index in [0.717, 1.165) is 24.2 Å². The van der Waals surface area contributed by atoms with E-state index in [4.69, 9.17) is 5.26 Å². The molecule has 1 aromatic carbocycles. The highest BCUT2D eigenvalue weighted by Gasteiger charge is 2.27. The molecule has 0 radical (unpaired) electrons. The second-order valence-corrected chi connectivity index (χ2v) is 6.94. The third-order valence-corrected chi connectivity index (χ3v) is 4.42. The minimum atomic E-state index is 0.319. The van der Waals surface area contributed by atoms with Gasteiger partial charge < -0.3 is 4.90 Å². The first-order valence-corrected chi connectivity index (χ1v) is 6.90. The van der Waals surface area contributed by atoms with Gasteiger partial charge in [0.25, 0.3) is 0 Å². The lowest BCUT2D eigenvalue weighted by atomic mass is 10.1. The highest BCUT2D eigenvalue weighted by molar-refractivity contribution is 8.00. The van der Waals surface area contributed by atoms with Crippen LogP contribution in [0.15, 0.2) is 18.2 Å². The van der Waals surface area contributed by atoms with Gasteiger partial charge in [-0.2, -0.15) is 17.0 Å². The highest BCUT2D eigenvalue weighted by Crippen LogP contribution is 2.32. The SMILES string of the molecule is Cc1cc(N2CCSC(C)(C)C2)ccc1C#N. The van der Waals surface area contributed by atoms with E-state index in [1.165, 1.54) is 11.4 Å². The molecule has 1 saturated heterocycles. The standard InChI is InChI=1S/C14H18N2S/c1-11-8-13(5-4-12(11)9-15)16-6-7-17-14(2,3)10-16/h4-5,8H,6-7,10H2,1-3H3. The topological polar surface area (TPSA) is 27.0 Å². The fourth-order valence-electron chi connectivity index (χ4n) is 2.21. The van der Waals surface area contributed by atoms with Crippen molar-refractivity contribution in [3.8, 4) is 6.07 Å². The van der Waals surface area contributed by atoms with E-state index in [1.807, 2.05) is 24.8 Å². The van der Waals surface area contributed by atoms with Gasteiger partial charge in [-0.25, -0.2) is 0 Å². The maximum atomic E-state index is 8.94. The Kier molecular flexibility index (Phi) is 3.35. The van der Waals surface area contributed by atoms with E-state index in [0.29, 0.717) is 4.75 Å². The normalized spacial score (nSPS) is 18.8. The molecule has 0 unspecified atom stereocenters. The van der Waals surface area contributed by atoms with Gasteiger partial charge in [0.05, 0.1) is 11.6 Å². The van der Waals surface area contributed by atoms with Crippen molar-refractivity contribution in [2.75, 3.05) is 23.7 Å². The van der Waals surface area contributed by atoms with Crippen LogP contribution in [0.5, 0.6) is 0 Å². The van der Waals surface area contributed by atoms with Crippen molar-refractivity contribution in [2.24, 2.45) is 0 Å². The second kappa shape index (κ2) is 4.62. The van der Waals surface area contributed by atoms with Gasteiger partial charge in [-0.05, 0) is 44.5 Å². The number of anilines is 1. The Morgan fingerprint density at radius 2 is 2.18 bits per heavy atom. The van der Waals surface area contributed by atoms with Gasteiger partial charge in [0.1, 0.15) is 0 Å². The lowest BCUT2D eigenvalue weighted by Gasteiger charge is -2.39. The van der Waals surface area contributed by atoms with E-state index >= 15 is 0 Å². The van der Waals surface area contributed by atoms with Crippen molar-refractivity contribution < 1.29 is 0 Å². The van der Waals surface area contributed by atoms with Gasteiger partial charge in [0.2, 0.25) is 0 Å². The number of benzene rings is 1. The van der Waals surface area contributed by atoms with Crippen molar-refractivity contribution in [1.29, 1.82) is 5.26 Å². The fraction of sp³-hybridized carbons (Fsp3) is 0.500. The minimum absolute atomic E-state index is 0.319. The molecule has 1 aromatic rings. The van der Waals surface area contributed by atoms with Gasteiger partial charge in [0, 0.05) is 29.3 Å². The summed E-state index contributed by atoms with van der Waals surface area (Å²) in [5.41, 5.74) is 3.09. The molecule has 0 bridgehead atoms. The Balaban J connectivity index is 2.23. The van der Waals surface area contributed by atoms with E-state index in [1.54, 1.807) is 0 Å². The monoisotopic (exact) mass is 246 g/mol.